The Morgan fingerprint density at radius 1 is 1.21 bits per heavy atom. The van der Waals surface area contributed by atoms with Crippen LogP contribution in [0.5, 0.6) is 5.88 Å². The number of rotatable bonds is 4. The van der Waals surface area contributed by atoms with Crippen molar-refractivity contribution in [2.75, 3.05) is 6.61 Å². The molecule has 6 heteroatoms. The topological polar surface area (TPSA) is 73.9 Å². The SMILES string of the molecule is C[C@@H](N)COc1nc(-c2ccncc2)nc2sc3c(c12)CCCC3. The molecule has 3 aromatic rings. The standard InChI is InChI=1S/C18H20N4OS/c1-11(19)10-23-17-15-13-4-2-3-5-14(13)24-18(15)22-16(21-17)12-6-8-20-9-7-12/h6-9,11H,2-5,10,19H2,1H3/t11-/m1/s1. The third kappa shape index (κ3) is 2.87. The first-order valence-electron chi connectivity index (χ1n) is 8.33. The monoisotopic (exact) mass is 340 g/mol. The maximum Gasteiger partial charge on any atom is 0.226 e. The van der Waals surface area contributed by atoms with Gasteiger partial charge in [0.2, 0.25) is 5.88 Å². The number of nitrogens with zero attached hydrogens (tertiary/aromatic N) is 3. The number of nitrogens with two attached hydrogens (primary N) is 1. The van der Waals surface area contributed by atoms with E-state index >= 15 is 0 Å². The van der Waals surface area contributed by atoms with Crippen molar-refractivity contribution < 1.29 is 4.74 Å². The summed E-state index contributed by atoms with van der Waals surface area (Å²) in [6.07, 6.45) is 8.20. The third-order valence-electron chi connectivity index (χ3n) is 4.20. The lowest BCUT2D eigenvalue weighted by Crippen LogP contribution is -2.24. The molecule has 1 aliphatic rings. The van der Waals surface area contributed by atoms with Gasteiger partial charge in [-0.05, 0) is 50.3 Å². The van der Waals surface area contributed by atoms with E-state index in [1.54, 1.807) is 23.7 Å². The first-order valence-corrected chi connectivity index (χ1v) is 9.15. The largest absolute Gasteiger partial charge is 0.475 e. The third-order valence-corrected chi connectivity index (χ3v) is 5.39. The Bertz CT molecular complexity index is 860. The lowest BCUT2D eigenvalue weighted by Gasteiger charge is -2.13. The fraction of sp³-hybridized carbons (Fsp3) is 0.389. The molecule has 2 N–H and O–H groups in total. The average molecular weight is 340 g/mol. The fourth-order valence-electron chi connectivity index (χ4n) is 3.07. The number of ether oxygens (including phenoxy) is 1. The number of aromatic nitrogens is 3. The smallest absolute Gasteiger partial charge is 0.226 e. The van der Waals surface area contributed by atoms with Gasteiger partial charge in [-0.3, -0.25) is 4.98 Å². The number of hydrogen-bond acceptors (Lipinski definition) is 6. The fourth-order valence-corrected chi connectivity index (χ4v) is 4.32. The van der Waals surface area contributed by atoms with E-state index in [0.717, 1.165) is 28.6 Å². The predicted octanol–water partition coefficient (Wildman–Crippen LogP) is 3.36. The Hall–Kier alpha value is -2.05. The zero-order chi connectivity index (χ0) is 16.5. The van der Waals surface area contributed by atoms with Crippen LogP contribution in [-0.4, -0.2) is 27.6 Å². The number of aryl methyl sites for hydroxylation is 2. The number of thiophene rings is 1. The van der Waals surface area contributed by atoms with Crippen LogP contribution in [0.4, 0.5) is 0 Å². The highest BCUT2D eigenvalue weighted by atomic mass is 32.1. The molecule has 3 heterocycles. The molecule has 0 bridgehead atoms. The zero-order valence-electron chi connectivity index (χ0n) is 13.7. The molecule has 0 spiro atoms. The minimum absolute atomic E-state index is 0.0335. The number of pyridine rings is 1. The Balaban J connectivity index is 1.88. The van der Waals surface area contributed by atoms with Crippen LogP contribution in [0.25, 0.3) is 21.6 Å². The quantitative estimate of drug-likeness (QED) is 0.788. The molecule has 5 nitrogen and oxygen atoms in total. The van der Waals surface area contributed by atoms with E-state index in [-0.39, 0.29) is 6.04 Å². The zero-order valence-corrected chi connectivity index (χ0v) is 14.5. The van der Waals surface area contributed by atoms with Crippen LogP contribution >= 0.6 is 11.3 Å². The van der Waals surface area contributed by atoms with E-state index in [1.807, 2.05) is 19.1 Å². The molecule has 0 amide bonds. The maximum atomic E-state index is 5.98. The van der Waals surface area contributed by atoms with Crippen molar-refractivity contribution in [3.8, 4) is 17.3 Å². The summed E-state index contributed by atoms with van der Waals surface area (Å²) in [4.78, 5) is 16.0. The van der Waals surface area contributed by atoms with E-state index in [9.17, 15) is 0 Å². The van der Waals surface area contributed by atoms with Crippen LogP contribution in [0.15, 0.2) is 24.5 Å². The van der Waals surface area contributed by atoms with Crippen molar-refractivity contribution in [3.63, 3.8) is 0 Å². The van der Waals surface area contributed by atoms with Crippen LogP contribution in [-0.2, 0) is 12.8 Å². The van der Waals surface area contributed by atoms with Crippen molar-refractivity contribution >= 4 is 21.6 Å². The van der Waals surface area contributed by atoms with Crippen molar-refractivity contribution in [3.05, 3.63) is 35.0 Å². The summed E-state index contributed by atoms with van der Waals surface area (Å²) >= 11 is 1.78. The Morgan fingerprint density at radius 3 is 2.79 bits per heavy atom. The summed E-state index contributed by atoms with van der Waals surface area (Å²) in [7, 11) is 0. The molecule has 0 saturated carbocycles. The van der Waals surface area contributed by atoms with Crippen molar-refractivity contribution in [1.29, 1.82) is 0 Å². The first kappa shape index (κ1) is 15.5. The summed E-state index contributed by atoms with van der Waals surface area (Å²) in [5.41, 5.74) is 8.20. The molecule has 124 valence electrons. The van der Waals surface area contributed by atoms with Crippen LogP contribution < -0.4 is 10.5 Å². The predicted molar refractivity (Wildman–Crippen MR) is 96.4 cm³/mol. The van der Waals surface area contributed by atoms with Crippen molar-refractivity contribution in [1.82, 2.24) is 15.0 Å². The molecular weight excluding hydrogens is 320 g/mol. The van der Waals surface area contributed by atoms with Gasteiger partial charge in [-0.1, -0.05) is 0 Å². The molecule has 1 aliphatic carbocycles. The Morgan fingerprint density at radius 2 is 2.00 bits per heavy atom. The molecule has 1 atom stereocenters. The maximum absolute atomic E-state index is 5.98. The highest BCUT2D eigenvalue weighted by Gasteiger charge is 2.22. The van der Waals surface area contributed by atoms with Gasteiger partial charge in [-0.25, -0.2) is 4.98 Å². The van der Waals surface area contributed by atoms with Crippen LogP contribution in [0, 0.1) is 0 Å². The van der Waals surface area contributed by atoms with E-state index in [4.69, 9.17) is 20.4 Å². The van der Waals surface area contributed by atoms with E-state index in [1.165, 1.54) is 23.3 Å². The normalized spacial score (nSPS) is 15.2. The lowest BCUT2D eigenvalue weighted by molar-refractivity contribution is 0.289. The molecule has 3 aromatic heterocycles. The van der Waals surface area contributed by atoms with Crippen LogP contribution in [0.1, 0.15) is 30.2 Å². The van der Waals surface area contributed by atoms with E-state index in [0.29, 0.717) is 18.3 Å². The summed E-state index contributed by atoms with van der Waals surface area (Å²) < 4.78 is 5.98. The molecule has 0 radical (unpaired) electrons. The Kier molecular flexibility index (Phi) is 4.16. The minimum atomic E-state index is -0.0335. The second-order valence-electron chi connectivity index (χ2n) is 6.27. The van der Waals surface area contributed by atoms with Gasteiger partial charge >= 0.3 is 0 Å². The average Bonchev–Trinajstić information content (AvgIpc) is 2.99. The summed E-state index contributed by atoms with van der Waals surface area (Å²) in [6, 6.07) is 3.81. The van der Waals surface area contributed by atoms with Crippen LogP contribution in [0.3, 0.4) is 0 Å². The van der Waals surface area contributed by atoms with Gasteiger partial charge in [0.05, 0.1) is 5.39 Å². The van der Waals surface area contributed by atoms with E-state index in [2.05, 4.69) is 4.98 Å². The van der Waals surface area contributed by atoms with Gasteiger partial charge in [0.15, 0.2) is 5.82 Å². The van der Waals surface area contributed by atoms with Gasteiger partial charge in [0.1, 0.15) is 11.4 Å². The van der Waals surface area contributed by atoms with Gasteiger partial charge in [0.25, 0.3) is 0 Å². The summed E-state index contributed by atoms with van der Waals surface area (Å²) in [6.45, 7) is 2.39. The molecule has 24 heavy (non-hydrogen) atoms. The molecule has 0 fully saturated rings. The molecule has 0 saturated heterocycles. The van der Waals surface area contributed by atoms with E-state index < -0.39 is 0 Å². The highest BCUT2D eigenvalue weighted by molar-refractivity contribution is 7.18. The number of fused-ring (bicyclic) bond motifs is 3. The molecule has 0 unspecified atom stereocenters. The van der Waals surface area contributed by atoms with Gasteiger partial charge < -0.3 is 10.5 Å². The molecule has 0 aliphatic heterocycles. The number of hydrogen-bond donors (Lipinski definition) is 1. The van der Waals surface area contributed by atoms with Crippen molar-refractivity contribution in [2.24, 2.45) is 5.73 Å². The highest BCUT2D eigenvalue weighted by Crippen LogP contribution is 2.40. The molecule has 4 rings (SSSR count). The van der Waals surface area contributed by atoms with Gasteiger partial charge in [-0.15, -0.1) is 11.3 Å². The summed E-state index contributed by atoms with van der Waals surface area (Å²) in [5, 5.41) is 1.09. The van der Waals surface area contributed by atoms with Gasteiger partial charge in [-0.2, -0.15) is 4.98 Å². The van der Waals surface area contributed by atoms with Gasteiger partial charge in [0, 0.05) is 28.9 Å². The minimum Gasteiger partial charge on any atom is -0.475 e. The van der Waals surface area contributed by atoms with Crippen molar-refractivity contribution in [2.45, 2.75) is 38.6 Å². The molecular formula is C18H20N4OS. The lowest BCUT2D eigenvalue weighted by atomic mass is 9.97. The Labute approximate surface area is 144 Å². The second-order valence-corrected chi connectivity index (χ2v) is 7.35. The first-order chi connectivity index (χ1) is 11.7. The molecule has 0 aromatic carbocycles. The summed E-state index contributed by atoms with van der Waals surface area (Å²) in [5.74, 6) is 1.35. The van der Waals surface area contributed by atoms with Crippen LogP contribution in [0.2, 0.25) is 0 Å². The second kappa shape index (κ2) is 6.45.